The molecule has 1 amide bonds. The summed E-state index contributed by atoms with van der Waals surface area (Å²) in [7, 11) is 3.98. The highest BCUT2D eigenvalue weighted by Gasteiger charge is 2.31. The number of fused-ring (bicyclic) bond motifs is 1. The van der Waals surface area contributed by atoms with Crippen LogP contribution in [-0.4, -0.2) is 39.3 Å². The quantitative estimate of drug-likeness (QED) is 0.506. The number of aromatic nitrogens is 3. The molecule has 6 heteroatoms. The number of benzene rings is 2. The Hall–Kier alpha value is -3.80. The van der Waals surface area contributed by atoms with Crippen LogP contribution in [0.2, 0.25) is 0 Å². The highest BCUT2D eigenvalue weighted by atomic mass is 16.2. The molecule has 0 bridgehead atoms. The fourth-order valence-electron chi connectivity index (χ4n) is 4.04. The average molecular weight is 412 g/mol. The lowest BCUT2D eigenvalue weighted by molar-refractivity contribution is 0.0749. The van der Waals surface area contributed by atoms with Gasteiger partial charge in [-0.2, -0.15) is 5.10 Å². The van der Waals surface area contributed by atoms with Gasteiger partial charge in [-0.05, 0) is 55.5 Å². The van der Waals surface area contributed by atoms with Gasteiger partial charge in [-0.3, -0.25) is 4.79 Å². The number of rotatable bonds is 4. The number of nitrogens with zero attached hydrogens (tertiary/aromatic N) is 5. The zero-order chi connectivity index (χ0) is 21.5. The number of aryl methyl sites for hydroxylation is 1. The number of hydrogen-bond acceptors (Lipinski definition) is 3. The highest BCUT2D eigenvalue weighted by molar-refractivity contribution is 5.95. The van der Waals surface area contributed by atoms with E-state index in [1.807, 2.05) is 77.4 Å². The van der Waals surface area contributed by atoms with Gasteiger partial charge in [-0.1, -0.05) is 17.7 Å². The topological polar surface area (TPSA) is 46.3 Å². The molecule has 0 radical (unpaired) electrons. The Labute approximate surface area is 181 Å². The van der Waals surface area contributed by atoms with Gasteiger partial charge in [-0.25, -0.2) is 4.68 Å². The molecule has 2 aromatic carbocycles. The molecule has 156 valence electrons. The van der Waals surface area contributed by atoms with Crippen LogP contribution in [0.1, 0.15) is 27.2 Å². The third kappa shape index (κ3) is 3.40. The van der Waals surface area contributed by atoms with Crippen LogP contribution in [0, 0.1) is 6.92 Å². The van der Waals surface area contributed by atoms with Crippen LogP contribution in [0.5, 0.6) is 0 Å². The first-order valence-electron chi connectivity index (χ1n) is 10.4. The second-order valence-corrected chi connectivity index (χ2v) is 8.19. The predicted molar refractivity (Wildman–Crippen MR) is 122 cm³/mol. The summed E-state index contributed by atoms with van der Waals surface area (Å²) < 4.78 is 4.06. The van der Waals surface area contributed by atoms with Crippen molar-refractivity contribution >= 4 is 11.6 Å². The summed E-state index contributed by atoms with van der Waals surface area (Å²) in [6.07, 6.45) is 4.04. The van der Waals surface area contributed by atoms with Gasteiger partial charge in [0.1, 0.15) is 5.82 Å². The minimum atomic E-state index is 0.0312. The first kappa shape index (κ1) is 19.2. The van der Waals surface area contributed by atoms with E-state index in [0.717, 1.165) is 28.5 Å². The first-order valence-corrected chi connectivity index (χ1v) is 10.4. The first-order chi connectivity index (χ1) is 15.0. The maximum absolute atomic E-state index is 13.2. The van der Waals surface area contributed by atoms with Gasteiger partial charge in [-0.15, -0.1) is 0 Å². The van der Waals surface area contributed by atoms with Crippen molar-refractivity contribution in [2.75, 3.05) is 19.0 Å². The van der Waals surface area contributed by atoms with Crippen LogP contribution in [0.4, 0.5) is 5.69 Å². The van der Waals surface area contributed by atoms with Crippen molar-refractivity contribution in [1.29, 1.82) is 0 Å². The van der Waals surface area contributed by atoms with Gasteiger partial charge in [0.15, 0.2) is 0 Å². The van der Waals surface area contributed by atoms with E-state index in [1.54, 1.807) is 0 Å². The molecule has 3 heterocycles. The number of carbonyl (C=O) groups is 1. The lowest BCUT2D eigenvalue weighted by Gasteiger charge is -2.18. The molecule has 2 aromatic heterocycles. The largest absolute Gasteiger partial charge is 0.378 e. The molecule has 0 saturated carbocycles. The fourth-order valence-corrected chi connectivity index (χ4v) is 4.04. The standard InChI is InChI=1S/C25H25N5O/c1-18-6-10-21(11-7-18)30-24(28-14-4-5-15-28)22-16-29(17-23(22)26-30)25(31)19-8-12-20(13-9-19)27(2)3/h4-15H,16-17H2,1-3H3. The van der Waals surface area contributed by atoms with E-state index in [0.29, 0.717) is 18.7 Å². The molecule has 31 heavy (non-hydrogen) atoms. The van der Waals surface area contributed by atoms with E-state index in [9.17, 15) is 4.79 Å². The molecule has 0 saturated heterocycles. The number of anilines is 1. The zero-order valence-corrected chi connectivity index (χ0v) is 18.0. The summed E-state index contributed by atoms with van der Waals surface area (Å²) in [5.74, 6) is 1.02. The molecular weight excluding hydrogens is 386 g/mol. The van der Waals surface area contributed by atoms with E-state index in [2.05, 4.69) is 35.8 Å². The van der Waals surface area contributed by atoms with Gasteiger partial charge in [0.2, 0.25) is 0 Å². The Morgan fingerprint density at radius 2 is 1.61 bits per heavy atom. The lowest BCUT2D eigenvalue weighted by Crippen LogP contribution is -2.26. The Kier molecular flexibility index (Phi) is 4.62. The molecular formula is C25H25N5O. The molecule has 0 aliphatic carbocycles. The van der Waals surface area contributed by atoms with Gasteiger partial charge < -0.3 is 14.4 Å². The van der Waals surface area contributed by atoms with Crippen molar-refractivity contribution in [1.82, 2.24) is 19.2 Å². The molecule has 0 fully saturated rings. The average Bonchev–Trinajstić information content (AvgIpc) is 3.50. The molecule has 6 nitrogen and oxygen atoms in total. The summed E-state index contributed by atoms with van der Waals surface area (Å²) in [5.41, 5.74) is 6.04. The molecule has 0 atom stereocenters. The van der Waals surface area contributed by atoms with E-state index < -0.39 is 0 Å². The van der Waals surface area contributed by atoms with Gasteiger partial charge in [0.25, 0.3) is 5.91 Å². The molecule has 0 unspecified atom stereocenters. The smallest absolute Gasteiger partial charge is 0.254 e. The number of amides is 1. The van der Waals surface area contributed by atoms with E-state index >= 15 is 0 Å². The Morgan fingerprint density at radius 1 is 0.935 bits per heavy atom. The zero-order valence-electron chi connectivity index (χ0n) is 18.0. The molecule has 4 aromatic rings. The van der Waals surface area contributed by atoms with Crippen molar-refractivity contribution in [3.8, 4) is 11.5 Å². The summed E-state index contributed by atoms with van der Waals surface area (Å²) in [6.45, 7) is 3.13. The van der Waals surface area contributed by atoms with Crippen LogP contribution in [0.15, 0.2) is 73.1 Å². The minimum absolute atomic E-state index is 0.0312. The van der Waals surface area contributed by atoms with Crippen molar-refractivity contribution in [3.05, 3.63) is 95.4 Å². The van der Waals surface area contributed by atoms with Crippen molar-refractivity contribution in [3.63, 3.8) is 0 Å². The lowest BCUT2D eigenvalue weighted by atomic mass is 10.1. The second-order valence-electron chi connectivity index (χ2n) is 8.19. The van der Waals surface area contributed by atoms with Gasteiger partial charge >= 0.3 is 0 Å². The predicted octanol–water partition coefficient (Wildman–Crippen LogP) is 4.19. The van der Waals surface area contributed by atoms with Gasteiger partial charge in [0, 0.05) is 43.3 Å². The fraction of sp³-hybridized carbons (Fsp3) is 0.200. The Balaban J connectivity index is 1.48. The second kappa shape index (κ2) is 7.47. The van der Waals surface area contributed by atoms with Gasteiger partial charge in [0.05, 0.1) is 24.5 Å². The van der Waals surface area contributed by atoms with Crippen LogP contribution < -0.4 is 4.90 Å². The molecule has 1 aliphatic heterocycles. The normalized spacial score (nSPS) is 12.8. The van der Waals surface area contributed by atoms with Crippen LogP contribution in [0.25, 0.3) is 11.5 Å². The number of hydrogen-bond donors (Lipinski definition) is 0. The molecule has 0 spiro atoms. The maximum Gasteiger partial charge on any atom is 0.254 e. The molecule has 0 N–H and O–H groups in total. The SMILES string of the molecule is Cc1ccc(-n2nc3c(c2-n2cccc2)CN(C(=O)c2ccc(N(C)C)cc2)C3)cc1. The third-order valence-electron chi connectivity index (χ3n) is 5.77. The van der Waals surface area contributed by atoms with E-state index in [-0.39, 0.29) is 5.91 Å². The molecule has 1 aliphatic rings. The molecule has 5 rings (SSSR count). The Morgan fingerprint density at radius 3 is 2.26 bits per heavy atom. The van der Waals surface area contributed by atoms with Crippen molar-refractivity contribution in [2.45, 2.75) is 20.0 Å². The van der Waals surface area contributed by atoms with E-state index in [1.165, 1.54) is 5.56 Å². The van der Waals surface area contributed by atoms with E-state index in [4.69, 9.17) is 5.10 Å². The van der Waals surface area contributed by atoms with Crippen LogP contribution in [-0.2, 0) is 13.1 Å². The van der Waals surface area contributed by atoms with Crippen molar-refractivity contribution < 1.29 is 4.79 Å². The summed E-state index contributed by atoms with van der Waals surface area (Å²) >= 11 is 0. The summed E-state index contributed by atoms with van der Waals surface area (Å²) in [4.78, 5) is 17.1. The van der Waals surface area contributed by atoms with Crippen LogP contribution in [0.3, 0.4) is 0 Å². The summed E-state index contributed by atoms with van der Waals surface area (Å²) in [5, 5.41) is 4.91. The monoisotopic (exact) mass is 411 g/mol. The Bertz CT molecular complexity index is 1220. The number of carbonyl (C=O) groups excluding carboxylic acids is 1. The highest BCUT2D eigenvalue weighted by Crippen LogP contribution is 2.31. The third-order valence-corrected chi connectivity index (χ3v) is 5.77. The minimum Gasteiger partial charge on any atom is -0.378 e. The van der Waals surface area contributed by atoms with Crippen LogP contribution >= 0.6 is 0 Å². The summed E-state index contributed by atoms with van der Waals surface area (Å²) in [6, 6.07) is 20.1. The maximum atomic E-state index is 13.2. The van der Waals surface area contributed by atoms with Crippen molar-refractivity contribution in [2.24, 2.45) is 0 Å².